The molecular formula is C10H10BrF3OS. The molecule has 90 valence electrons. The predicted molar refractivity (Wildman–Crippen MR) is 62.2 cm³/mol. The molecule has 6 heteroatoms. The van der Waals surface area contributed by atoms with Crippen molar-refractivity contribution in [2.75, 3.05) is 12.4 Å². The summed E-state index contributed by atoms with van der Waals surface area (Å²) >= 11 is 3.19. The fraction of sp³-hybridized carbons (Fsp3) is 0.400. The molecule has 0 spiro atoms. The number of aliphatic hydroxyl groups is 1. The molecule has 1 aromatic rings. The Morgan fingerprint density at radius 3 is 2.69 bits per heavy atom. The number of hydrogen-bond acceptors (Lipinski definition) is 2. The van der Waals surface area contributed by atoms with Gasteiger partial charge in [-0.15, -0.1) is 0 Å². The maximum atomic E-state index is 13.5. The van der Waals surface area contributed by atoms with Gasteiger partial charge in [0.1, 0.15) is 5.82 Å². The summed E-state index contributed by atoms with van der Waals surface area (Å²) in [5.74, 6) is -0.862. The molecule has 0 saturated carbocycles. The van der Waals surface area contributed by atoms with Crippen LogP contribution < -0.4 is 0 Å². The molecule has 0 amide bonds. The first-order valence-electron chi connectivity index (χ1n) is 4.56. The smallest absolute Gasteiger partial charge is 0.322 e. The summed E-state index contributed by atoms with van der Waals surface area (Å²) in [6, 6.07) is 3.79. The number of benzene rings is 1. The number of alkyl halides is 2. The van der Waals surface area contributed by atoms with Gasteiger partial charge in [-0.2, -0.15) is 8.78 Å². The van der Waals surface area contributed by atoms with Gasteiger partial charge in [0.2, 0.25) is 0 Å². The standard InChI is InChI=1S/C10H10BrF3OS/c11-8-4-1-3-7(9(8)12)10(13,14)16-6-2-5-15/h1,3-4,15H,2,5-6H2. The van der Waals surface area contributed by atoms with Gasteiger partial charge in [0.05, 0.1) is 10.0 Å². The van der Waals surface area contributed by atoms with E-state index in [-0.39, 0.29) is 23.3 Å². The molecule has 1 rings (SSSR count). The molecule has 16 heavy (non-hydrogen) atoms. The Labute approximate surface area is 104 Å². The molecule has 0 radical (unpaired) electrons. The van der Waals surface area contributed by atoms with Gasteiger partial charge in [-0.3, -0.25) is 0 Å². The fourth-order valence-corrected chi connectivity index (χ4v) is 2.28. The van der Waals surface area contributed by atoms with Gasteiger partial charge in [-0.25, -0.2) is 4.39 Å². The lowest BCUT2D eigenvalue weighted by Crippen LogP contribution is -2.12. The highest BCUT2D eigenvalue weighted by atomic mass is 79.9. The lowest BCUT2D eigenvalue weighted by Gasteiger charge is -2.16. The van der Waals surface area contributed by atoms with Crippen LogP contribution in [-0.4, -0.2) is 17.5 Å². The highest BCUT2D eigenvalue weighted by Crippen LogP contribution is 2.42. The zero-order valence-electron chi connectivity index (χ0n) is 8.22. The molecule has 0 fully saturated rings. The molecule has 0 aliphatic carbocycles. The normalized spacial score (nSPS) is 11.8. The molecule has 0 aromatic heterocycles. The van der Waals surface area contributed by atoms with Crippen molar-refractivity contribution in [3.05, 3.63) is 34.1 Å². The van der Waals surface area contributed by atoms with E-state index in [1.54, 1.807) is 0 Å². The monoisotopic (exact) mass is 314 g/mol. The van der Waals surface area contributed by atoms with Gasteiger partial charge < -0.3 is 5.11 Å². The second-order valence-electron chi connectivity index (χ2n) is 3.04. The molecule has 0 aliphatic heterocycles. The van der Waals surface area contributed by atoms with Crippen molar-refractivity contribution in [2.24, 2.45) is 0 Å². The molecule has 0 unspecified atom stereocenters. The number of halogens is 4. The van der Waals surface area contributed by atoms with E-state index in [0.29, 0.717) is 11.8 Å². The van der Waals surface area contributed by atoms with E-state index in [1.807, 2.05) is 0 Å². The van der Waals surface area contributed by atoms with Gasteiger partial charge in [0.25, 0.3) is 0 Å². The Morgan fingerprint density at radius 2 is 2.06 bits per heavy atom. The molecular weight excluding hydrogens is 305 g/mol. The largest absolute Gasteiger partial charge is 0.396 e. The van der Waals surface area contributed by atoms with Gasteiger partial charge >= 0.3 is 5.25 Å². The molecule has 1 aromatic carbocycles. The molecule has 0 heterocycles. The average molecular weight is 315 g/mol. The summed E-state index contributed by atoms with van der Waals surface area (Å²) < 4.78 is 40.5. The Hall–Kier alpha value is -0.200. The van der Waals surface area contributed by atoms with E-state index < -0.39 is 16.6 Å². The molecule has 0 atom stereocenters. The molecule has 1 nitrogen and oxygen atoms in total. The van der Waals surface area contributed by atoms with E-state index in [9.17, 15) is 13.2 Å². The molecule has 1 N–H and O–H groups in total. The van der Waals surface area contributed by atoms with Crippen LogP contribution in [0, 0.1) is 5.82 Å². The Morgan fingerprint density at radius 1 is 1.38 bits per heavy atom. The van der Waals surface area contributed by atoms with E-state index >= 15 is 0 Å². The Bertz CT molecular complexity index is 360. The summed E-state index contributed by atoms with van der Waals surface area (Å²) in [7, 11) is 0. The van der Waals surface area contributed by atoms with E-state index in [0.717, 1.165) is 6.07 Å². The quantitative estimate of drug-likeness (QED) is 0.835. The number of thioether (sulfide) groups is 1. The van der Waals surface area contributed by atoms with Crippen LogP contribution in [-0.2, 0) is 5.25 Å². The average Bonchev–Trinajstić information content (AvgIpc) is 2.22. The van der Waals surface area contributed by atoms with Crippen molar-refractivity contribution >= 4 is 27.7 Å². The first-order chi connectivity index (χ1) is 7.49. The van der Waals surface area contributed by atoms with Gasteiger partial charge in [0, 0.05) is 12.4 Å². The summed E-state index contributed by atoms with van der Waals surface area (Å²) in [6.07, 6.45) is 0.260. The van der Waals surface area contributed by atoms with Crippen LogP contribution in [0.2, 0.25) is 0 Å². The number of aliphatic hydroxyl groups excluding tert-OH is 1. The van der Waals surface area contributed by atoms with Crippen molar-refractivity contribution in [3.8, 4) is 0 Å². The van der Waals surface area contributed by atoms with Crippen molar-refractivity contribution in [3.63, 3.8) is 0 Å². The summed E-state index contributed by atoms with van der Waals surface area (Å²) in [5.41, 5.74) is -0.634. The minimum Gasteiger partial charge on any atom is -0.396 e. The first-order valence-corrected chi connectivity index (χ1v) is 6.34. The lowest BCUT2D eigenvalue weighted by molar-refractivity contribution is 0.100. The van der Waals surface area contributed by atoms with Crippen LogP contribution in [0.25, 0.3) is 0 Å². The molecule has 0 saturated heterocycles. The van der Waals surface area contributed by atoms with Crippen LogP contribution in [0.1, 0.15) is 12.0 Å². The zero-order valence-corrected chi connectivity index (χ0v) is 10.6. The minimum absolute atomic E-state index is 0.0208. The van der Waals surface area contributed by atoms with E-state index in [1.165, 1.54) is 12.1 Å². The Kier molecular flexibility index (Phi) is 5.14. The number of hydrogen-bond donors (Lipinski definition) is 1. The van der Waals surface area contributed by atoms with Gasteiger partial charge in [-0.1, -0.05) is 17.8 Å². The topological polar surface area (TPSA) is 20.2 Å². The number of rotatable bonds is 5. The molecule has 0 aliphatic rings. The van der Waals surface area contributed by atoms with Crippen LogP contribution in [0.3, 0.4) is 0 Å². The summed E-state index contributed by atoms with van der Waals surface area (Å²) in [5, 5.41) is 5.22. The SMILES string of the molecule is OCCCSC(F)(F)c1cccc(Br)c1F. The first kappa shape index (κ1) is 13.9. The summed E-state index contributed by atoms with van der Waals surface area (Å²) in [4.78, 5) is 0. The second kappa shape index (κ2) is 5.93. The van der Waals surface area contributed by atoms with Crippen LogP contribution in [0.4, 0.5) is 13.2 Å². The summed E-state index contributed by atoms with van der Waals surface area (Å²) in [6.45, 7) is -0.149. The lowest BCUT2D eigenvalue weighted by atomic mass is 10.2. The van der Waals surface area contributed by atoms with Crippen LogP contribution in [0.5, 0.6) is 0 Å². The van der Waals surface area contributed by atoms with Gasteiger partial charge in [-0.05, 0) is 34.5 Å². The maximum Gasteiger partial charge on any atom is 0.322 e. The third-order valence-electron chi connectivity index (χ3n) is 1.85. The van der Waals surface area contributed by atoms with E-state index in [2.05, 4.69) is 15.9 Å². The molecule has 0 bridgehead atoms. The van der Waals surface area contributed by atoms with E-state index in [4.69, 9.17) is 5.11 Å². The highest BCUT2D eigenvalue weighted by molar-refractivity contribution is 9.10. The zero-order chi connectivity index (χ0) is 12.2. The third kappa shape index (κ3) is 3.40. The van der Waals surface area contributed by atoms with Crippen molar-refractivity contribution in [2.45, 2.75) is 11.7 Å². The maximum absolute atomic E-state index is 13.5. The van der Waals surface area contributed by atoms with Crippen LogP contribution >= 0.6 is 27.7 Å². The van der Waals surface area contributed by atoms with Crippen LogP contribution in [0.15, 0.2) is 22.7 Å². The predicted octanol–water partition coefficient (Wildman–Crippen LogP) is 3.75. The highest BCUT2D eigenvalue weighted by Gasteiger charge is 2.35. The Balaban J connectivity index is 2.84. The van der Waals surface area contributed by atoms with Crippen molar-refractivity contribution in [1.29, 1.82) is 0 Å². The van der Waals surface area contributed by atoms with Crippen molar-refractivity contribution < 1.29 is 18.3 Å². The second-order valence-corrected chi connectivity index (χ2v) is 5.11. The van der Waals surface area contributed by atoms with Gasteiger partial charge in [0.15, 0.2) is 0 Å². The minimum atomic E-state index is -3.27. The van der Waals surface area contributed by atoms with Crippen molar-refractivity contribution in [1.82, 2.24) is 0 Å². The third-order valence-corrected chi connectivity index (χ3v) is 3.54. The fourth-order valence-electron chi connectivity index (χ4n) is 1.07.